The van der Waals surface area contributed by atoms with Crippen LogP contribution in [0.5, 0.6) is 0 Å². The largest absolute Gasteiger partial charge is 0.390 e. The number of halogens is 2. The number of allylic oxidation sites excluding steroid dienone is 1. The zero-order chi connectivity index (χ0) is 21.9. The van der Waals surface area contributed by atoms with E-state index < -0.39 is 23.8 Å². The Bertz CT molecular complexity index is 920. The van der Waals surface area contributed by atoms with Gasteiger partial charge in [0.2, 0.25) is 5.91 Å². The van der Waals surface area contributed by atoms with Crippen LogP contribution in [0, 0.1) is 11.6 Å². The summed E-state index contributed by atoms with van der Waals surface area (Å²) in [6.07, 6.45) is 1.08. The van der Waals surface area contributed by atoms with Crippen molar-refractivity contribution >= 4 is 11.5 Å². The molecule has 1 fully saturated rings. The first kappa shape index (κ1) is 22.1. The first-order valence-corrected chi connectivity index (χ1v) is 10.1. The maximum atomic E-state index is 13.5. The summed E-state index contributed by atoms with van der Waals surface area (Å²) in [6, 6.07) is 10.7. The van der Waals surface area contributed by atoms with Crippen LogP contribution in [0.2, 0.25) is 0 Å². The molecule has 160 valence electrons. The van der Waals surface area contributed by atoms with Crippen molar-refractivity contribution in [2.75, 3.05) is 6.54 Å². The second kappa shape index (κ2) is 9.06. The molecule has 0 aromatic heterocycles. The van der Waals surface area contributed by atoms with Crippen molar-refractivity contribution in [3.63, 3.8) is 0 Å². The first-order valence-electron chi connectivity index (χ1n) is 10.1. The lowest BCUT2D eigenvalue weighted by Gasteiger charge is -2.27. The normalized spacial score (nSPS) is 16.6. The van der Waals surface area contributed by atoms with Gasteiger partial charge in [-0.3, -0.25) is 4.79 Å². The molecular formula is C24H28F2N2O2. The van der Waals surface area contributed by atoms with Crippen LogP contribution in [0.25, 0.3) is 5.57 Å². The number of rotatable bonds is 9. The Morgan fingerprint density at radius 1 is 1.17 bits per heavy atom. The molecule has 3 rings (SSSR count). The van der Waals surface area contributed by atoms with Crippen LogP contribution in [-0.4, -0.2) is 29.7 Å². The third-order valence-corrected chi connectivity index (χ3v) is 5.54. The van der Waals surface area contributed by atoms with E-state index in [0.717, 1.165) is 35.6 Å². The van der Waals surface area contributed by atoms with E-state index in [1.165, 1.54) is 19.1 Å². The molecule has 4 nitrogen and oxygen atoms in total. The quantitative estimate of drug-likeness (QED) is 0.587. The molecule has 0 spiro atoms. The number of benzene rings is 2. The summed E-state index contributed by atoms with van der Waals surface area (Å²) in [4.78, 5) is 11.6. The number of hydrogen-bond acceptors (Lipinski definition) is 3. The first-order chi connectivity index (χ1) is 14.2. The number of aliphatic hydroxyl groups excluding tert-OH is 1. The number of aliphatic hydroxyl groups is 1. The fourth-order valence-electron chi connectivity index (χ4n) is 3.74. The van der Waals surface area contributed by atoms with E-state index in [9.17, 15) is 18.7 Å². The van der Waals surface area contributed by atoms with E-state index in [1.54, 1.807) is 0 Å². The highest BCUT2D eigenvalue weighted by atomic mass is 19.1. The SMILES string of the molecule is C=C(C)c1cccc(C2(NC[C@@H](O)[C@H](Cc3cc(F)cc(F)c3)NC(C)=O)CC2)c1. The molecule has 30 heavy (non-hydrogen) atoms. The van der Waals surface area contributed by atoms with Gasteiger partial charge in [0.1, 0.15) is 11.6 Å². The Labute approximate surface area is 176 Å². The van der Waals surface area contributed by atoms with E-state index in [4.69, 9.17) is 0 Å². The Kier molecular flexibility index (Phi) is 6.68. The van der Waals surface area contributed by atoms with Gasteiger partial charge >= 0.3 is 0 Å². The molecule has 6 heteroatoms. The highest BCUT2D eigenvalue weighted by molar-refractivity contribution is 5.73. The molecule has 2 aromatic carbocycles. The third kappa shape index (κ3) is 5.52. The maximum Gasteiger partial charge on any atom is 0.217 e. The molecule has 1 aliphatic carbocycles. The second-order valence-corrected chi connectivity index (χ2v) is 8.18. The fraction of sp³-hybridized carbons (Fsp3) is 0.375. The Morgan fingerprint density at radius 2 is 1.83 bits per heavy atom. The highest BCUT2D eigenvalue weighted by Gasteiger charge is 2.44. The second-order valence-electron chi connectivity index (χ2n) is 8.18. The minimum atomic E-state index is -0.929. The monoisotopic (exact) mass is 414 g/mol. The summed E-state index contributed by atoms with van der Waals surface area (Å²) in [6.45, 7) is 7.54. The molecule has 0 saturated heterocycles. The van der Waals surface area contributed by atoms with Crippen molar-refractivity contribution in [2.24, 2.45) is 0 Å². The standard InChI is InChI=1S/C24H28F2N2O2/c1-15(2)18-5-4-6-19(12-18)24(7-8-24)27-14-23(30)22(28-16(3)29)11-17-9-20(25)13-21(26)10-17/h4-6,9-10,12-13,22-23,27,30H,1,7-8,11,14H2,2-3H3,(H,28,29)/t22-,23+/m0/s1. The van der Waals surface area contributed by atoms with Crippen molar-refractivity contribution in [1.82, 2.24) is 10.6 Å². The van der Waals surface area contributed by atoms with E-state index in [2.05, 4.69) is 29.3 Å². The average Bonchev–Trinajstić information content (AvgIpc) is 3.46. The summed E-state index contributed by atoms with van der Waals surface area (Å²) < 4.78 is 27.0. The zero-order valence-corrected chi connectivity index (χ0v) is 17.3. The van der Waals surface area contributed by atoms with Crippen molar-refractivity contribution in [2.45, 2.75) is 50.8 Å². The van der Waals surface area contributed by atoms with Crippen molar-refractivity contribution in [1.29, 1.82) is 0 Å². The van der Waals surface area contributed by atoms with Crippen molar-refractivity contribution in [3.05, 3.63) is 77.4 Å². The maximum absolute atomic E-state index is 13.5. The number of carbonyl (C=O) groups excluding carboxylic acids is 1. The van der Waals surface area contributed by atoms with Gasteiger partial charge in [-0.15, -0.1) is 0 Å². The molecule has 1 saturated carbocycles. The molecule has 3 N–H and O–H groups in total. The Balaban J connectivity index is 1.69. The minimum Gasteiger partial charge on any atom is -0.390 e. The predicted octanol–water partition coefficient (Wildman–Crippen LogP) is 3.68. The van der Waals surface area contributed by atoms with Gasteiger partial charge in [-0.2, -0.15) is 0 Å². The van der Waals surface area contributed by atoms with E-state index in [-0.39, 0.29) is 24.4 Å². The van der Waals surface area contributed by atoms with Gasteiger partial charge in [0.05, 0.1) is 12.1 Å². The summed E-state index contributed by atoms with van der Waals surface area (Å²) in [5.41, 5.74) is 3.36. The summed E-state index contributed by atoms with van der Waals surface area (Å²) in [5, 5.41) is 16.9. The van der Waals surface area contributed by atoms with Gasteiger partial charge in [-0.25, -0.2) is 8.78 Å². The van der Waals surface area contributed by atoms with Gasteiger partial charge in [0, 0.05) is 25.1 Å². The van der Waals surface area contributed by atoms with Gasteiger partial charge in [-0.05, 0) is 61.1 Å². The molecule has 0 aliphatic heterocycles. The molecule has 2 atom stereocenters. The summed E-state index contributed by atoms with van der Waals surface area (Å²) >= 11 is 0. The zero-order valence-electron chi connectivity index (χ0n) is 17.3. The van der Waals surface area contributed by atoms with E-state index >= 15 is 0 Å². The summed E-state index contributed by atoms with van der Waals surface area (Å²) in [7, 11) is 0. The van der Waals surface area contributed by atoms with Crippen LogP contribution in [0.3, 0.4) is 0 Å². The number of carbonyl (C=O) groups is 1. The lowest BCUT2D eigenvalue weighted by Crippen LogP contribution is -2.49. The van der Waals surface area contributed by atoms with Crippen LogP contribution in [0.4, 0.5) is 8.78 Å². The van der Waals surface area contributed by atoms with Crippen LogP contribution >= 0.6 is 0 Å². The molecular weight excluding hydrogens is 386 g/mol. The molecule has 1 amide bonds. The Hall–Kier alpha value is -2.57. The van der Waals surface area contributed by atoms with Crippen LogP contribution in [-0.2, 0) is 16.8 Å². The van der Waals surface area contributed by atoms with Gasteiger partial charge in [0.25, 0.3) is 0 Å². The average molecular weight is 414 g/mol. The molecule has 2 aromatic rings. The van der Waals surface area contributed by atoms with Gasteiger partial charge in [-0.1, -0.05) is 30.4 Å². The fourth-order valence-corrected chi connectivity index (χ4v) is 3.74. The van der Waals surface area contributed by atoms with E-state index in [0.29, 0.717) is 5.56 Å². The molecule has 0 bridgehead atoms. The van der Waals surface area contributed by atoms with Crippen LogP contribution in [0.15, 0.2) is 49.0 Å². The van der Waals surface area contributed by atoms with Gasteiger partial charge < -0.3 is 15.7 Å². The van der Waals surface area contributed by atoms with Crippen molar-refractivity contribution in [3.8, 4) is 0 Å². The number of hydrogen-bond donors (Lipinski definition) is 3. The van der Waals surface area contributed by atoms with Crippen LogP contribution < -0.4 is 10.6 Å². The molecule has 0 radical (unpaired) electrons. The van der Waals surface area contributed by atoms with Gasteiger partial charge in [0.15, 0.2) is 0 Å². The lowest BCUT2D eigenvalue weighted by molar-refractivity contribution is -0.120. The Morgan fingerprint density at radius 3 is 2.40 bits per heavy atom. The van der Waals surface area contributed by atoms with Crippen molar-refractivity contribution < 1.29 is 18.7 Å². The third-order valence-electron chi connectivity index (χ3n) is 5.54. The molecule has 0 heterocycles. The predicted molar refractivity (Wildman–Crippen MR) is 114 cm³/mol. The molecule has 1 aliphatic rings. The van der Waals surface area contributed by atoms with E-state index in [1.807, 2.05) is 19.1 Å². The number of amides is 1. The minimum absolute atomic E-state index is 0.120. The highest BCUT2D eigenvalue weighted by Crippen LogP contribution is 2.45. The summed E-state index contributed by atoms with van der Waals surface area (Å²) in [5.74, 6) is -1.69. The van der Waals surface area contributed by atoms with Crippen LogP contribution in [0.1, 0.15) is 43.4 Å². The topological polar surface area (TPSA) is 61.4 Å². The smallest absolute Gasteiger partial charge is 0.217 e. The lowest BCUT2D eigenvalue weighted by atomic mass is 9.97. The number of nitrogens with one attached hydrogen (secondary N) is 2. The molecule has 0 unspecified atom stereocenters.